The van der Waals surface area contributed by atoms with Gasteiger partial charge in [-0.3, -0.25) is 4.79 Å². The highest BCUT2D eigenvalue weighted by atomic mass is 16.1. The molecule has 1 unspecified atom stereocenters. The van der Waals surface area contributed by atoms with E-state index in [4.69, 9.17) is 5.26 Å². The minimum atomic E-state index is -0.279. The van der Waals surface area contributed by atoms with Crippen molar-refractivity contribution in [3.63, 3.8) is 0 Å². The Morgan fingerprint density at radius 1 is 1.04 bits per heavy atom. The van der Waals surface area contributed by atoms with Gasteiger partial charge in [-0.25, -0.2) is 9.97 Å². The molecule has 1 atom stereocenters. The average Bonchev–Trinajstić information content (AvgIpc) is 2.69. The van der Waals surface area contributed by atoms with Crippen LogP contribution in [-0.2, 0) is 0 Å². The fourth-order valence-corrected chi connectivity index (χ4v) is 2.38. The lowest BCUT2D eigenvalue weighted by Gasteiger charge is -2.14. The normalized spacial score (nSPS) is 11.2. The van der Waals surface area contributed by atoms with Gasteiger partial charge in [0.2, 0.25) is 0 Å². The molecule has 6 nitrogen and oxygen atoms in total. The van der Waals surface area contributed by atoms with E-state index >= 15 is 0 Å². The van der Waals surface area contributed by atoms with Crippen LogP contribution in [0.25, 0.3) is 0 Å². The summed E-state index contributed by atoms with van der Waals surface area (Å²) in [5.74, 6) is 0.237. The molecule has 0 saturated heterocycles. The van der Waals surface area contributed by atoms with Crippen molar-refractivity contribution in [2.24, 2.45) is 0 Å². The molecule has 128 valence electrons. The second kappa shape index (κ2) is 7.90. The Kier molecular flexibility index (Phi) is 5.20. The summed E-state index contributed by atoms with van der Waals surface area (Å²) < 4.78 is 0. The lowest BCUT2D eigenvalue weighted by Crippen LogP contribution is -2.27. The third kappa shape index (κ3) is 4.22. The van der Waals surface area contributed by atoms with E-state index in [-0.39, 0.29) is 17.6 Å². The Bertz CT molecular complexity index is 915. The molecular formula is C20H17N5O. The van der Waals surface area contributed by atoms with E-state index in [2.05, 4.69) is 26.7 Å². The number of carbonyl (C=O) groups excluding carboxylic acids is 1. The molecule has 0 fully saturated rings. The first-order chi connectivity index (χ1) is 12.7. The van der Waals surface area contributed by atoms with E-state index in [1.54, 1.807) is 24.3 Å². The number of carbonyl (C=O) groups is 1. The van der Waals surface area contributed by atoms with Gasteiger partial charge in [0.1, 0.15) is 11.5 Å². The second-order valence-electron chi connectivity index (χ2n) is 5.71. The van der Waals surface area contributed by atoms with Gasteiger partial charge in [-0.1, -0.05) is 30.3 Å². The highest BCUT2D eigenvalue weighted by molar-refractivity contribution is 5.92. The van der Waals surface area contributed by atoms with E-state index in [0.717, 1.165) is 11.3 Å². The maximum atomic E-state index is 12.3. The molecule has 2 aromatic carbocycles. The van der Waals surface area contributed by atoms with Crippen LogP contribution in [0.4, 0.5) is 11.5 Å². The van der Waals surface area contributed by atoms with Gasteiger partial charge in [0.05, 0.1) is 30.1 Å². The van der Waals surface area contributed by atoms with E-state index in [1.807, 2.05) is 37.3 Å². The summed E-state index contributed by atoms with van der Waals surface area (Å²) in [7, 11) is 0. The van der Waals surface area contributed by atoms with Crippen molar-refractivity contribution in [3.05, 3.63) is 83.8 Å². The first-order valence-electron chi connectivity index (χ1n) is 8.11. The lowest BCUT2D eigenvalue weighted by molar-refractivity contribution is 0.0934. The molecule has 3 rings (SSSR count). The number of aromatic nitrogens is 2. The van der Waals surface area contributed by atoms with Crippen LogP contribution in [0, 0.1) is 11.3 Å². The Balaban J connectivity index is 1.63. The standard InChI is InChI=1S/C20H17N5O/c1-14(16-5-3-2-4-6-16)24-20(26)18-12-23-19(13-22-18)25-17-9-7-15(11-21)8-10-17/h2-10,12-14H,1H3,(H,23,25)(H,24,26). The Hall–Kier alpha value is -3.72. The topological polar surface area (TPSA) is 90.7 Å². The quantitative estimate of drug-likeness (QED) is 0.739. The largest absolute Gasteiger partial charge is 0.344 e. The molecule has 26 heavy (non-hydrogen) atoms. The number of rotatable bonds is 5. The van der Waals surface area contributed by atoms with Gasteiger partial charge >= 0.3 is 0 Å². The summed E-state index contributed by atoms with van der Waals surface area (Å²) in [5.41, 5.74) is 2.64. The Labute approximate surface area is 151 Å². The molecule has 1 heterocycles. The van der Waals surface area contributed by atoms with Crippen molar-refractivity contribution in [2.45, 2.75) is 13.0 Å². The lowest BCUT2D eigenvalue weighted by atomic mass is 10.1. The number of anilines is 2. The SMILES string of the molecule is CC(NC(=O)c1cnc(Nc2ccc(C#N)cc2)cn1)c1ccccc1. The zero-order valence-electron chi connectivity index (χ0n) is 14.2. The minimum Gasteiger partial charge on any atom is -0.344 e. The predicted octanol–water partition coefficient (Wildman–Crippen LogP) is 3.58. The molecule has 0 bridgehead atoms. The molecule has 6 heteroatoms. The second-order valence-corrected chi connectivity index (χ2v) is 5.71. The van der Waals surface area contributed by atoms with E-state index in [9.17, 15) is 4.79 Å². The summed E-state index contributed by atoms with van der Waals surface area (Å²) >= 11 is 0. The van der Waals surface area contributed by atoms with Gasteiger partial charge < -0.3 is 10.6 Å². The van der Waals surface area contributed by atoms with Crippen molar-refractivity contribution in [1.82, 2.24) is 15.3 Å². The molecule has 0 aliphatic rings. The van der Waals surface area contributed by atoms with Gasteiger partial charge in [-0.2, -0.15) is 5.26 Å². The van der Waals surface area contributed by atoms with Crippen molar-refractivity contribution < 1.29 is 4.79 Å². The number of nitrogens with one attached hydrogen (secondary N) is 2. The molecule has 0 radical (unpaired) electrons. The molecule has 0 saturated carbocycles. The zero-order valence-corrected chi connectivity index (χ0v) is 14.2. The first-order valence-corrected chi connectivity index (χ1v) is 8.11. The molecule has 0 aliphatic carbocycles. The van der Waals surface area contributed by atoms with Gasteiger partial charge in [-0.15, -0.1) is 0 Å². The fraction of sp³-hybridized carbons (Fsp3) is 0.100. The summed E-state index contributed by atoms with van der Waals surface area (Å²) in [5, 5.41) is 14.8. The van der Waals surface area contributed by atoms with Gasteiger partial charge in [0.15, 0.2) is 0 Å². The summed E-state index contributed by atoms with van der Waals surface area (Å²) in [6, 6.07) is 18.6. The van der Waals surface area contributed by atoms with Crippen LogP contribution in [0.1, 0.15) is 34.6 Å². The van der Waals surface area contributed by atoms with Gasteiger partial charge in [0.25, 0.3) is 5.91 Å². The molecule has 3 aromatic rings. The first kappa shape index (κ1) is 17.1. The van der Waals surface area contributed by atoms with E-state index in [0.29, 0.717) is 11.4 Å². The number of hydrogen-bond donors (Lipinski definition) is 2. The molecule has 0 spiro atoms. The fourth-order valence-electron chi connectivity index (χ4n) is 2.38. The minimum absolute atomic E-state index is 0.123. The third-order valence-corrected chi connectivity index (χ3v) is 3.82. The van der Waals surface area contributed by atoms with Gasteiger partial charge in [-0.05, 0) is 36.8 Å². The van der Waals surface area contributed by atoms with Crippen LogP contribution in [0.2, 0.25) is 0 Å². The van der Waals surface area contributed by atoms with Crippen LogP contribution >= 0.6 is 0 Å². The highest BCUT2D eigenvalue weighted by Crippen LogP contribution is 2.15. The maximum absolute atomic E-state index is 12.3. The number of hydrogen-bond acceptors (Lipinski definition) is 5. The molecule has 2 N–H and O–H groups in total. The Morgan fingerprint density at radius 2 is 1.77 bits per heavy atom. The molecular weight excluding hydrogens is 326 g/mol. The summed E-state index contributed by atoms with van der Waals surface area (Å²) in [6.07, 6.45) is 2.93. The maximum Gasteiger partial charge on any atom is 0.271 e. The van der Waals surface area contributed by atoms with Crippen LogP contribution in [0.5, 0.6) is 0 Å². The van der Waals surface area contributed by atoms with Crippen LogP contribution in [0.15, 0.2) is 67.0 Å². The summed E-state index contributed by atoms with van der Waals surface area (Å²) in [4.78, 5) is 20.7. The van der Waals surface area contributed by atoms with Crippen molar-refractivity contribution in [1.29, 1.82) is 5.26 Å². The van der Waals surface area contributed by atoms with Crippen LogP contribution < -0.4 is 10.6 Å². The van der Waals surface area contributed by atoms with Gasteiger partial charge in [0, 0.05) is 5.69 Å². The van der Waals surface area contributed by atoms with E-state index < -0.39 is 0 Å². The Morgan fingerprint density at radius 3 is 2.38 bits per heavy atom. The van der Waals surface area contributed by atoms with Crippen molar-refractivity contribution in [2.75, 3.05) is 5.32 Å². The molecule has 0 aliphatic heterocycles. The van der Waals surface area contributed by atoms with Crippen molar-refractivity contribution >= 4 is 17.4 Å². The third-order valence-electron chi connectivity index (χ3n) is 3.82. The highest BCUT2D eigenvalue weighted by Gasteiger charge is 2.12. The van der Waals surface area contributed by atoms with E-state index in [1.165, 1.54) is 12.4 Å². The number of amides is 1. The number of benzene rings is 2. The number of nitriles is 1. The van der Waals surface area contributed by atoms with Crippen LogP contribution in [0.3, 0.4) is 0 Å². The average molecular weight is 343 g/mol. The number of nitrogens with zero attached hydrogens (tertiary/aromatic N) is 3. The predicted molar refractivity (Wildman–Crippen MR) is 98.8 cm³/mol. The smallest absolute Gasteiger partial charge is 0.271 e. The molecule has 1 amide bonds. The monoisotopic (exact) mass is 343 g/mol. The molecule has 1 aromatic heterocycles. The van der Waals surface area contributed by atoms with Crippen LogP contribution in [-0.4, -0.2) is 15.9 Å². The summed E-state index contributed by atoms with van der Waals surface area (Å²) in [6.45, 7) is 1.92. The van der Waals surface area contributed by atoms with Crippen molar-refractivity contribution in [3.8, 4) is 6.07 Å². The zero-order chi connectivity index (χ0) is 18.4.